The number of benzene rings is 1. The molecule has 138 valence electrons. The normalized spacial score (nSPS) is 23.8. The molecular weight excluding hydrogens is 349 g/mol. The molecule has 1 aliphatic heterocycles. The summed E-state index contributed by atoms with van der Waals surface area (Å²) in [6.45, 7) is 1.43. The SMILES string of the molecule is C[C@@H](C(=O)Nc1ccc(C(F)(F)F)cc1)N1C(=O)[C@H]2CC=CC[C@@H]2C1=O. The summed E-state index contributed by atoms with van der Waals surface area (Å²) in [5.74, 6) is -2.25. The average Bonchev–Trinajstić information content (AvgIpc) is 2.85. The monoisotopic (exact) mass is 366 g/mol. The van der Waals surface area contributed by atoms with E-state index in [0.717, 1.165) is 29.2 Å². The maximum Gasteiger partial charge on any atom is 0.416 e. The van der Waals surface area contributed by atoms with Gasteiger partial charge in [-0.2, -0.15) is 13.2 Å². The van der Waals surface area contributed by atoms with Gasteiger partial charge in [-0.1, -0.05) is 12.2 Å². The number of allylic oxidation sites excluding steroid dienone is 2. The molecule has 26 heavy (non-hydrogen) atoms. The molecule has 1 fully saturated rings. The number of carbonyl (C=O) groups excluding carboxylic acids is 3. The zero-order valence-corrected chi connectivity index (χ0v) is 13.9. The van der Waals surface area contributed by atoms with Crippen LogP contribution in [0.25, 0.3) is 0 Å². The number of amides is 3. The van der Waals surface area contributed by atoms with Gasteiger partial charge in [0.2, 0.25) is 17.7 Å². The van der Waals surface area contributed by atoms with E-state index in [2.05, 4.69) is 5.32 Å². The highest BCUT2D eigenvalue weighted by atomic mass is 19.4. The van der Waals surface area contributed by atoms with E-state index < -0.39 is 35.5 Å². The number of carbonyl (C=O) groups is 3. The lowest BCUT2D eigenvalue weighted by atomic mass is 9.85. The summed E-state index contributed by atoms with van der Waals surface area (Å²) >= 11 is 0. The van der Waals surface area contributed by atoms with Gasteiger partial charge in [0.25, 0.3) is 0 Å². The molecule has 2 aliphatic rings. The first-order valence-corrected chi connectivity index (χ1v) is 8.20. The number of hydrogen-bond acceptors (Lipinski definition) is 3. The molecule has 3 amide bonds. The summed E-state index contributed by atoms with van der Waals surface area (Å²) in [5, 5.41) is 2.45. The van der Waals surface area contributed by atoms with E-state index in [0.29, 0.717) is 12.8 Å². The van der Waals surface area contributed by atoms with Crippen LogP contribution in [0.2, 0.25) is 0 Å². The number of hydrogen-bond donors (Lipinski definition) is 1. The topological polar surface area (TPSA) is 66.5 Å². The largest absolute Gasteiger partial charge is 0.416 e. The first-order valence-electron chi connectivity index (χ1n) is 8.20. The number of anilines is 1. The van der Waals surface area contributed by atoms with Crippen LogP contribution >= 0.6 is 0 Å². The molecule has 0 radical (unpaired) electrons. The third-order valence-corrected chi connectivity index (χ3v) is 4.79. The van der Waals surface area contributed by atoms with Crippen LogP contribution in [0.3, 0.4) is 0 Å². The second kappa shape index (κ2) is 6.59. The zero-order valence-electron chi connectivity index (χ0n) is 13.9. The molecule has 1 aromatic carbocycles. The molecular formula is C18H17F3N2O3. The van der Waals surface area contributed by atoms with E-state index in [-0.39, 0.29) is 17.5 Å². The van der Waals surface area contributed by atoms with Crippen LogP contribution in [-0.2, 0) is 20.6 Å². The summed E-state index contributed by atoms with van der Waals surface area (Å²) in [6.07, 6.45) is 0.179. The van der Waals surface area contributed by atoms with Crippen molar-refractivity contribution in [1.29, 1.82) is 0 Å². The maximum atomic E-state index is 12.6. The number of alkyl halides is 3. The number of likely N-dealkylation sites (tertiary alicyclic amines) is 1. The van der Waals surface area contributed by atoms with E-state index in [1.807, 2.05) is 12.2 Å². The molecule has 0 saturated carbocycles. The smallest absolute Gasteiger partial charge is 0.324 e. The minimum absolute atomic E-state index is 0.160. The maximum absolute atomic E-state index is 12.6. The van der Waals surface area contributed by atoms with Crippen molar-refractivity contribution in [2.24, 2.45) is 11.8 Å². The molecule has 1 N–H and O–H groups in total. The minimum Gasteiger partial charge on any atom is -0.324 e. The highest BCUT2D eigenvalue weighted by molar-refractivity contribution is 6.10. The van der Waals surface area contributed by atoms with Crippen molar-refractivity contribution in [2.75, 3.05) is 5.32 Å². The lowest BCUT2D eigenvalue weighted by Crippen LogP contribution is -2.46. The summed E-state index contributed by atoms with van der Waals surface area (Å²) in [5.41, 5.74) is -0.668. The molecule has 0 spiro atoms. The molecule has 0 bridgehead atoms. The summed E-state index contributed by atoms with van der Waals surface area (Å²) < 4.78 is 37.7. The van der Waals surface area contributed by atoms with Gasteiger partial charge in [0.15, 0.2) is 0 Å². The number of halogens is 3. The lowest BCUT2D eigenvalue weighted by molar-refractivity contribution is -0.146. The fraction of sp³-hybridized carbons (Fsp3) is 0.389. The van der Waals surface area contributed by atoms with Crippen molar-refractivity contribution >= 4 is 23.4 Å². The van der Waals surface area contributed by atoms with Crippen LogP contribution in [0, 0.1) is 11.8 Å². The third kappa shape index (κ3) is 3.23. The predicted octanol–water partition coefficient (Wildman–Crippen LogP) is 2.98. The van der Waals surface area contributed by atoms with Crippen molar-refractivity contribution in [3.8, 4) is 0 Å². The second-order valence-corrected chi connectivity index (χ2v) is 6.44. The molecule has 1 aliphatic carbocycles. The molecule has 8 heteroatoms. The number of imide groups is 1. The summed E-state index contributed by atoms with van der Waals surface area (Å²) in [7, 11) is 0. The standard InChI is InChI=1S/C18H17F3N2O3/c1-10(23-16(25)13-4-2-3-5-14(13)17(23)26)15(24)22-12-8-6-11(7-9-12)18(19,20)21/h2-3,6-10,13-14H,4-5H2,1H3,(H,22,24)/t10-,13-,14-/m0/s1. The molecule has 1 aromatic rings. The van der Waals surface area contributed by atoms with E-state index >= 15 is 0 Å². The van der Waals surface area contributed by atoms with Gasteiger partial charge in [0.1, 0.15) is 6.04 Å². The zero-order chi connectivity index (χ0) is 19.1. The van der Waals surface area contributed by atoms with Gasteiger partial charge in [0, 0.05) is 5.69 Å². The Morgan fingerprint density at radius 2 is 1.58 bits per heavy atom. The van der Waals surface area contributed by atoms with Crippen molar-refractivity contribution < 1.29 is 27.6 Å². The van der Waals surface area contributed by atoms with Gasteiger partial charge in [-0.3, -0.25) is 19.3 Å². The Hall–Kier alpha value is -2.64. The van der Waals surface area contributed by atoms with Crippen molar-refractivity contribution in [3.05, 3.63) is 42.0 Å². The van der Waals surface area contributed by atoms with Crippen LogP contribution in [0.1, 0.15) is 25.3 Å². The van der Waals surface area contributed by atoms with Gasteiger partial charge in [-0.15, -0.1) is 0 Å². The average molecular weight is 366 g/mol. The fourth-order valence-electron chi connectivity index (χ4n) is 3.31. The molecule has 1 saturated heterocycles. The molecule has 3 atom stereocenters. The first kappa shape index (κ1) is 18.2. The number of nitrogens with one attached hydrogen (secondary N) is 1. The van der Waals surface area contributed by atoms with Crippen LogP contribution in [0.15, 0.2) is 36.4 Å². The van der Waals surface area contributed by atoms with E-state index in [1.54, 1.807) is 0 Å². The van der Waals surface area contributed by atoms with E-state index in [1.165, 1.54) is 6.92 Å². The second-order valence-electron chi connectivity index (χ2n) is 6.44. The molecule has 0 aromatic heterocycles. The van der Waals surface area contributed by atoms with Crippen LogP contribution in [0.4, 0.5) is 18.9 Å². The van der Waals surface area contributed by atoms with Gasteiger partial charge < -0.3 is 5.32 Å². The highest BCUT2D eigenvalue weighted by Gasteiger charge is 2.50. The number of nitrogens with zero attached hydrogens (tertiary/aromatic N) is 1. The Morgan fingerprint density at radius 1 is 1.08 bits per heavy atom. The molecule has 3 rings (SSSR count). The van der Waals surface area contributed by atoms with Crippen LogP contribution in [0.5, 0.6) is 0 Å². The van der Waals surface area contributed by atoms with E-state index in [4.69, 9.17) is 0 Å². The molecule has 0 unspecified atom stereocenters. The lowest BCUT2D eigenvalue weighted by Gasteiger charge is -2.22. The number of fused-ring (bicyclic) bond motifs is 1. The van der Waals surface area contributed by atoms with Crippen molar-refractivity contribution in [3.63, 3.8) is 0 Å². The molecule has 1 heterocycles. The Balaban J connectivity index is 1.70. The quantitative estimate of drug-likeness (QED) is 0.661. The summed E-state index contributed by atoms with van der Waals surface area (Å²) in [6, 6.07) is 2.93. The van der Waals surface area contributed by atoms with Crippen molar-refractivity contribution in [2.45, 2.75) is 32.0 Å². The highest BCUT2D eigenvalue weighted by Crippen LogP contribution is 2.36. The van der Waals surface area contributed by atoms with Gasteiger partial charge >= 0.3 is 6.18 Å². The first-order chi connectivity index (χ1) is 12.2. The number of rotatable bonds is 3. The Morgan fingerprint density at radius 3 is 2.04 bits per heavy atom. The Bertz CT molecular complexity index is 745. The minimum atomic E-state index is -4.46. The van der Waals surface area contributed by atoms with Gasteiger partial charge in [0.05, 0.1) is 17.4 Å². The fourth-order valence-corrected chi connectivity index (χ4v) is 3.31. The van der Waals surface area contributed by atoms with Crippen LogP contribution in [-0.4, -0.2) is 28.7 Å². The third-order valence-electron chi connectivity index (χ3n) is 4.79. The van der Waals surface area contributed by atoms with E-state index in [9.17, 15) is 27.6 Å². The molecule has 5 nitrogen and oxygen atoms in total. The Kier molecular flexibility index (Phi) is 4.60. The van der Waals surface area contributed by atoms with Crippen LogP contribution < -0.4 is 5.32 Å². The predicted molar refractivity (Wildman–Crippen MR) is 86.7 cm³/mol. The van der Waals surface area contributed by atoms with Crippen molar-refractivity contribution in [1.82, 2.24) is 4.90 Å². The Labute approximate surface area is 147 Å². The van der Waals surface area contributed by atoms with Gasteiger partial charge in [-0.25, -0.2) is 0 Å². The van der Waals surface area contributed by atoms with Gasteiger partial charge in [-0.05, 0) is 44.0 Å². The summed E-state index contributed by atoms with van der Waals surface area (Å²) in [4.78, 5) is 38.3.